The van der Waals surface area contributed by atoms with Crippen molar-refractivity contribution in [2.45, 2.75) is 61.3 Å². The lowest BCUT2D eigenvalue weighted by Gasteiger charge is -2.36. The molecule has 11 N–H and O–H groups in total. The van der Waals surface area contributed by atoms with Crippen LogP contribution < -0.4 is 5.32 Å². The minimum absolute atomic E-state index is 0.191. The van der Waals surface area contributed by atoms with E-state index in [1.54, 1.807) is 0 Å². The van der Waals surface area contributed by atoms with Gasteiger partial charge in [-0.2, -0.15) is 0 Å². The molecule has 1 aliphatic heterocycles. The molecule has 28 heavy (non-hydrogen) atoms. The van der Waals surface area contributed by atoms with Gasteiger partial charge in [0.2, 0.25) is 0 Å². The van der Waals surface area contributed by atoms with E-state index in [4.69, 9.17) is 10.2 Å². The fraction of sp³-hybridized carbons (Fsp3) is 1.00. The average molecular weight is 414 g/mol. The van der Waals surface area contributed by atoms with Gasteiger partial charge in [-0.05, 0) is 13.0 Å². The minimum Gasteiger partial charge on any atom is -0.394 e. The van der Waals surface area contributed by atoms with Gasteiger partial charge in [-0.3, -0.25) is 4.90 Å². The number of aliphatic hydroxyl groups is 10. The normalized spacial score (nSPS) is 26.5. The summed E-state index contributed by atoms with van der Waals surface area (Å²) in [5.41, 5.74) is 0. The Bertz CT molecular complexity index is 398. The first-order valence-corrected chi connectivity index (χ1v) is 9.25. The van der Waals surface area contributed by atoms with Crippen LogP contribution in [-0.2, 0) is 0 Å². The highest BCUT2D eigenvalue weighted by atomic mass is 16.4. The van der Waals surface area contributed by atoms with E-state index in [0.29, 0.717) is 19.5 Å². The summed E-state index contributed by atoms with van der Waals surface area (Å²) in [6.45, 7) is -0.948. The van der Waals surface area contributed by atoms with Crippen LogP contribution in [0.25, 0.3) is 0 Å². The molecule has 0 aliphatic carbocycles. The van der Waals surface area contributed by atoms with E-state index in [1.807, 2.05) is 0 Å². The Kier molecular flexibility index (Phi) is 11.2. The number of rotatable bonds is 13. The third kappa shape index (κ3) is 7.09. The van der Waals surface area contributed by atoms with Crippen molar-refractivity contribution in [1.29, 1.82) is 0 Å². The molecule has 0 bridgehead atoms. The second kappa shape index (κ2) is 12.3. The Morgan fingerprint density at radius 2 is 1.07 bits per heavy atom. The summed E-state index contributed by atoms with van der Waals surface area (Å²) in [4.78, 5) is 1.54. The lowest BCUT2D eigenvalue weighted by molar-refractivity contribution is -0.132. The van der Waals surface area contributed by atoms with E-state index in [2.05, 4.69) is 5.32 Å². The molecule has 0 saturated carbocycles. The van der Waals surface area contributed by atoms with Crippen molar-refractivity contribution in [2.24, 2.45) is 0 Å². The maximum absolute atomic E-state index is 10.2. The van der Waals surface area contributed by atoms with Crippen LogP contribution in [0.15, 0.2) is 0 Å². The third-order valence-corrected chi connectivity index (χ3v) is 5.04. The number of nitrogens with one attached hydrogen (secondary N) is 1. The van der Waals surface area contributed by atoms with E-state index < -0.39 is 62.0 Å². The van der Waals surface area contributed by atoms with Gasteiger partial charge < -0.3 is 56.4 Å². The largest absolute Gasteiger partial charge is 0.394 e. The fourth-order valence-corrected chi connectivity index (χ4v) is 3.15. The van der Waals surface area contributed by atoms with Crippen LogP contribution in [0.1, 0.15) is 6.42 Å². The molecular formula is C16H34N2O10. The molecular weight excluding hydrogens is 380 g/mol. The molecule has 0 radical (unpaired) electrons. The van der Waals surface area contributed by atoms with Gasteiger partial charge in [0.1, 0.15) is 36.6 Å². The highest BCUT2D eigenvalue weighted by molar-refractivity contribution is 4.90. The first kappa shape index (κ1) is 25.6. The molecule has 0 aromatic rings. The quantitative estimate of drug-likeness (QED) is 0.136. The van der Waals surface area contributed by atoms with E-state index >= 15 is 0 Å². The molecule has 0 amide bonds. The summed E-state index contributed by atoms with van der Waals surface area (Å²) < 4.78 is 0. The van der Waals surface area contributed by atoms with Crippen LogP contribution in [0.5, 0.6) is 0 Å². The summed E-state index contributed by atoms with van der Waals surface area (Å²) in [5, 5.41) is 99.5. The second-order valence-corrected chi connectivity index (χ2v) is 7.20. The molecule has 0 aromatic carbocycles. The van der Waals surface area contributed by atoms with E-state index in [9.17, 15) is 40.9 Å². The Morgan fingerprint density at radius 3 is 1.39 bits per heavy atom. The van der Waals surface area contributed by atoms with Crippen LogP contribution >= 0.6 is 0 Å². The smallest absolute Gasteiger partial charge is 0.111 e. The number of aliphatic hydroxyl groups excluding tert-OH is 10. The van der Waals surface area contributed by atoms with Gasteiger partial charge in [0.15, 0.2) is 0 Å². The zero-order valence-electron chi connectivity index (χ0n) is 15.6. The monoisotopic (exact) mass is 414 g/mol. The van der Waals surface area contributed by atoms with Gasteiger partial charge in [-0.1, -0.05) is 0 Å². The van der Waals surface area contributed by atoms with Gasteiger partial charge in [0, 0.05) is 25.7 Å². The number of nitrogens with zero attached hydrogens (tertiary/aromatic N) is 1. The molecule has 0 aromatic heterocycles. The molecule has 1 aliphatic rings. The molecule has 12 heteroatoms. The van der Waals surface area contributed by atoms with Crippen LogP contribution in [0.4, 0.5) is 0 Å². The van der Waals surface area contributed by atoms with E-state index in [0.717, 1.165) is 0 Å². The average Bonchev–Trinajstić information content (AvgIpc) is 3.24. The molecule has 1 saturated heterocycles. The molecule has 8 unspecified atom stereocenters. The Balaban J connectivity index is 2.78. The highest BCUT2D eigenvalue weighted by Crippen LogP contribution is 2.15. The maximum Gasteiger partial charge on any atom is 0.111 e. The lowest BCUT2D eigenvalue weighted by atomic mass is 10.00. The zero-order chi connectivity index (χ0) is 21.4. The van der Waals surface area contributed by atoms with Crippen molar-refractivity contribution in [3.05, 3.63) is 0 Å². The van der Waals surface area contributed by atoms with Gasteiger partial charge in [-0.25, -0.2) is 0 Å². The predicted octanol–water partition coefficient (Wildman–Crippen LogP) is -6.48. The first-order valence-electron chi connectivity index (χ1n) is 9.25. The standard InChI is InChI=1S/C16H34N2O10/c19-6-11(23)15(27)13(25)9(21)4-18(8-1-2-17-3-8)5-10(22)14(26)16(28)12(24)7-20/h8-17,19-28H,1-7H2/t8-,9?,10?,11?,12?,13?,14?,15?,16?/m1/s1. The van der Waals surface area contributed by atoms with Gasteiger partial charge in [0.05, 0.1) is 25.4 Å². The molecule has 12 nitrogen and oxygen atoms in total. The SMILES string of the molecule is OCC(O)C(O)C(O)C(O)CN(CC(O)C(O)C(O)C(O)CO)[C@@H]1CCNC1. The molecule has 168 valence electrons. The van der Waals surface area contributed by atoms with Crippen molar-refractivity contribution >= 4 is 0 Å². The topological polar surface area (TPSA) is 218 Å². The van der Waals surface area contributed by atoms with Crippen LogP contribution in [-0.4, -0.2) is 150 Å². The summed E-state index contributed by atoms with van der Waals surface area (Å²) in [6.07, 6.45) is -12.9. The predicted molar refractivity (Wildman–Crippen MR) is 95.1 cm³/mol. The van der Waals surface area contributed by atoms with Crippen molar-refractivity contribution in [2.75, 3.05) is 39.4 Å². The van der Waals surface area contributed by atoms with Gasteiger partial charge in [0.25, 0.3) is 0 Å². The van der Waals surface area contributed by atoms with Crippen molar-refractivity contribution in [3.63, 3.8) is 0 Å². The third-order valence-electron chi connectivity index (χ3n) is 5.04. The van der Waals surface area contributed by atoms with Crippen LogP contribution in [0.2, 0.25) is 0 Å². The number of hydrogen-bond donors (Lipinski definition) is 11. The van der Waals surface area contributed by atoms with Crippen LogP contribution in [0, 0.1) is 0 Å². The van der Waals surface area contributed by atoms with Gasteiger partial charge >= 0.3 is 0 Å². The maximum atomic E-state index is 10.2. The number of hydrogen-bond acceptors (Lipinski definition) is 12. The molecule has 9 atom stereocenters. The molecule has 0 spiro atoms. The Labute approximate surface area is 162 Å². The Morgan fingerprint density at radius 1 is 0.679 bits per heavy atom. The lowest BCUT2D eigenvalue weighted by Crippen LogP contribution is -2.55. The summed E-state index contributed by atoms with van der Waals surface area (Å²) in [6, 6.07) is -0.191. The summed E-state index contributed by atoms with van der Waals surface area (Å²) >= 11 is 0. The molecule has 1 fully saturated rings. The van der Waals surface area contributed by atoms with Crippen molar-refractivity contribution in [3.8, 4) is 0 Å². The van der Waals surface area contributed by atoms with Crippen molar-refractivity contribution < 1.29 is 51.1 Å². The highest BCUT2D eigenvalue weighted by Gasteiger charge is 2.36. The molecule has 1 rings (SSSR count). The van der Waals surface area contributed by atoms with Gasteiger partial charge in [-0.15, -0.1) is 0 Å². The van der Waals surface area contributed by atoms with Crippen molar-refractivity contribution in [1.82, 2.24) is 10.2 Å². The van der Waals surface area contributed by atoms with Crippen LogP contribution in [0.3, 0.4) is 0 Å². The summed E-state index contributed by atoms with van der Waals surface area (Å²) in [5.74, 6) is 0. The fourth-order valence-electron chi connectivity index (χ4n) is 3.15. The summed E-state index contributed by atoms with van der Waals surface area (Å²) in [7, 11) is 0. The zero-order valence-corrected chi connectivity index (χ0v) is 15.6. The van der Waals surface area contributed by atoms with E-state index in [-0.39, 0.29) is 19.1 Å². The van der Waals surface area contributed by atoms with E-state index in [1.165, 1.54) is 4.90 Å². The Hall–Kier alpha value is -0.480. The second-order valence-electron chi connectivity index (χ2n) is 7.20. The molecule has 1 heterocycles. The minimum atomic E-state index is -1.79. The first-order chi connectivity index (χ1) is 13.1.